The Balaban J connectivity index is 1.54. The average Bonchev–Trinajstić information content (AvgIpc) is 2.95. The van der Waals surface area contributed by atoms with E-state index < -0.39 is 0 Å². The number of hydrogen-bond acceptors (Lipinski definition) is 4. The van der Waals surface area contributed by atoms with E-state index in [1.54, 1.807) is 12.1 Å². The van der Waals surface area contributed by atoms with E-state index in [1.807, 2.05) is 72.8 Å². The van der Waals surface area contributed by atoms with Crippen molar-refractivity contribution in [3.05, 3.63) is 150 Å². The van der Waals surface area contributed by atoms with Gasteiger partial charge in [0, 0.05) is 50.1 Å². The summed E-state index contributed by atoms with van der Waals surface area (Å²) in [5.74, 6) is -0.177. The molecule has 178 valence electrons. The molecule has 0 radical (unpaired) electrons. The Bertz CT molecular complexity index is 2250. The van der Waals surface area contributed by atoms with Crippen molar-refractivity contribution in [1.29, 1.82) is 0 Å². The van der Waals surface area contributed by atoms with Crippen LogP contribution in [0.25, 0.3) is 44.0 Å². The number of aliphatic hydroxyl groups excluding tert-OH is 2. The summed E-state index contributed by atoms with van der Waals surface area (Å²) in [4.78, 5) is 27.5. The first-order valence-corrected chi connectivity index (χ1v) is 12.7. The van der Waals surface area contributed by atoms with Crippen LogP contribution in [0, 0.1) is 0 Å². The predicted molar refractivity (Wildman–Crippen MR) is 149 cm³/mol. The highest BCUT2D eigenvalue weighted by atomic mass is 16.3. The number of allylic oxidation sites excluding steroid dienone is 6. The molecule has 0 saturated carbocycles. The van der Waals surface area contributed by atoms with E-state index in [9.17, 15) is 19.8 Å². The van der Waals surface area contributed by atoms with Crippen LogP contribution in [-0.2, 0) is 0 Å². The summed E-state index contributed by atoms with van der Waals surface area (Å²) in [7, 11) is 0. The first-order valence-electron chi connectivity index (χ1n) is 12.7. The van der Waals surface area contributed by atoms with Crippen LogP contribution in [0.4, 0.5) is 0 Å². The Morgan fingerprint density at radius 2 is 1.50 bits per heavy atom. The summed E-state index contributed by atoms with van der Waals surface area (Å²) in [6, 6.07) is 20.6. The number of rotatable bonds is 0. The second-order valence-corrected chi connectivity index (χ2v) is 10.5. The van der Waals surface area contributed by atoms with Gasteiger partial charge in [-0.2, -0.15) is 0 Å². The Morgan fingerprint density at radius 1 is 0.711 bits per heavy atom. The van der Waals surface area contributed by atoms with Crippen LogP contribution >= 0.6 is 0 Å². The topological polar surface area (TPSA) is 74.6 Å². The molecular formula is C34H18O4. The molecule has 0 spiro atoms. The van der Waals surface area contributed by atoms with Crippen molar-refractivity contribution in [1.82, 2.24) is 0 Å². The summed E-state index contributed by atoms with van der Waals surface area (Å²) in [5, 5.41) is 26.0. The minimum Gasteiger partial charge on any atom is -0.508 e. The molecule has 0 aromatic heterocycles. The summed E-state index contributed by atoms with van der Waals surface area (Å²) in [5.41, 5.74) is 6.96. The first kappa shape index (κ1) is 20.1. The fraction of sp³-hybridized carbons (Fsp3) is 0.0588. The molecule has 3 aromatic carbocycles. The monoisotopic (exact) mass is 490 g/mol. The van der Waals surface area contributed by atoms with Gasteiger partial charge in [-0.15, -0.1) is 0 Å². The van der Waals surface area contributed by atoms with Gasteiger partial charge >= 0.3 is 0 Å². The molecule has 0 heterocycles. The van der Waals surface area contributed by atoms with Crippen molar-refractivity contribution >= 4 is 32.9 Å². The third-order valence-electron chi connectivity index (χ3n) is 8.88. The second kappa shape index (κ2) is 6.48. The molecule has 4 nitrogen and oxygen atoms in total. The molecule has 0 fully saturated rings. The molecule has 6 aliphatic carbocycles. The highest BCUT2D eigenvalue weighted by molar-refractivity contribution is 6.14. The van der Waals surface area contributed by atoms with Crippen LogP contribution in [0.5, 0.6) is 0 Å². The molecular weight excluding hydrogens is 472 g/mol. The van der Waals surface area contributed by atoms with Gasteiger partial charge in [-0.1, -0.05) is 72.8 Å². The fourth-order valence-corrected chi connectivity index (χ4v) is 7.42. The lowest BCUT2D eigenvalue weighted by atomic mass is 9.63. The number of aliphatic hydroxyl groups is 2. The van der Waals surface area contributed by atoms with Crippen LogP contribution in [0.15, 0.2) is 117 Å². The van der Waals surface area contributed by atoms with Gasteiger partial charge in [-0.3, -0.25) is 9.59 Å². The zero-order valence-electron chi connectivity index (χ0n) is 19.9. The first-order chi connectivity index (χ1) is 18.5. The van der Waals surface area contributed by atoms with E-state index in [0.717, 1.165) is 55.3 Å². The minimum absolute atomic E-state index is 0.0555. The van der Waals surface area contributed by atoms with Gasteiger partial charge in [-0.25, -0.2) is 0 Å². The Hall–Kier alpha value is -4.96. The lowest BCUT2D eigenvalue weighted by Crippen LogP contribution is -2.37. The summed E-state index contributed by atoms with van der Waals surface area (Å²) >= 11 is 0. The zero-order valence-corrected chi connectivity index (χ0v) is 19.9. The summed E-state index contributed by atoms with van der Waals surface area (Å²) < 4.78 is 0. The molecule has 2 unspecified atom stereocenters. The van der Waals surface area contributed by atoms with Gasteiger partial charge in [0.05, 0.1) is 0 Å². The van der Waals surface area contributed by atoms with E-state index in [1.165, 1.54) is 0 Å². The molecule has 6 aliphatic rings. The molecule has 0 amide bonds. The maximum absolute atomic E-state index is 13.9. The van der Waals surface area contributed by atoms with Crippen LogP contribution in [0.3, 0.4) is 0 Å². The molecule has 4 heteroatoms. The van der Waals surface area contributed by atoms with Gasteiger partial charge in [0.1, 0.15) is 11.5 Å². The average molecular weight is 491 g/mol. The van der Waals surface area contributed by atoms with Gasteiger partial charge < -0.3 is 10.2 Å². The van der Waals surface area contributed by atoms with Crippen molar-refractivity contribution < 1.29 is 10.2 Å². The van der Waals surface area contributed by atoms with Gasteiger partial charge in [0.15, 0.2) is 10.9 Å². The molecule has 2 atom stereocenters. The molecule has 3 aromatic rings. The van der Waals surface area contributed by atoms with Crippen LogP contribution in [0.2, 0.25) is 0 Å². The van der Waals surface area contributed by atoms with Crippen molar-refractivity contribution in [3.8, 4) is 11.1 Å². The third-order valence-corrected chi connectivity index (χ3v) is 8.88. The highest BCUT2D eigenvalue weighted by Gasteiger charge is 2.43. The van der Waals surface area contributed by atoms with Crippen LogP contribution in [0.1, 0.15) is 28.5 Å². The van der Waals surface area contributed by atoms with E-state index in [0.29, 0.717) is 21.6 Å². The van der Waals surface area contributed by atoms with Gasteiger partial charge in [0.25, 0.3) is 0 Å². The van der Waals surface area contributed by atoms with Crippen molar-refractivity contribution in [2.24, 2.45) is 0 Å². The lowest BCUT2D eigenvalue weighted by Gasteiger charge is -2.40. The van der Waals surface area contributed by atoms with E-state index in [4.69, 9.17) is 0 Å². The SMILES string of the molecule is O=c1cc2c3ccccc3c(=O)c3ccc4c(c3-2)c1=C1C(O)=CC2C3=C1C4C=CC3=C(O)c1ccccc12. The van der Waals surface area contributed by atoms with Crippen molar-refractivity contribution in [3.63, 3.8) is 0 Å². The third kappa shape index (κ3) is 2.12. The smallest absolute Gasteiger partial charge is 0.194 e. The number of fused-ring (bicyclic) bond motifs is 5. The Kier molecular flexibility index (Phi) is 3.43. The quantitative estimate of drug-likeness (QED) is 0.219. The predicted octanol–water partition coefficient (Wildman–Crippen LogP) is 5.61. The Morgan fingerprint density at radius 3 is 2.37 bits per heavy atom. The molecule has 38 heavy (non-hydrogen) atoms. The summed E-state index contributed by atoms with van der Waals surface area (Å²) in [6.45, 7) is 0. The molecule has 9 rings (SSSR count). The standard InChI is InChI=1S/C34H18O4/c35-25-13-23-15-5-1-3-7-19(15)33(37)21-11-9-17-18-10-12-22-28-24(16-6-2-4-8-20(16)34(22)38)14-26(36)32(30(18)28)31(25)29(17)27(21)23/h1-14,17,23,35,37H. The Labute approximate surface area is 215 Å². The maximum Gasteiger partial charge on any atom is 0.194 e. The van der Waals surface area contributed by atoms with E-state index in [2.05, 4.69) is 0 Å². The maximum atomic E-state index is 13.9. The highest BCUT2D eigenvalue weighted by Crippen LogP contribution is 2.56. The molecule has 2 N–H and O–H groups in total. The molecule has 0 aliphatic heterocycles. The second-order valence-electron chi connectivity index (χ2n) is 10.5. The zero-order chi connectivity index (χ0) is 25.4. The normalized spacial score (nSPS) is 20.8. The largest absolute Gasteiger partial charge is 0.508 e. The lowest BCUT2D eigenvalue weighted by molar-refractivity contribution is 0.429. The van der Waals surface area contributed by atoms with Crippen molar-refractivity contribution in [2.45, 2.75) is 11.8 Å². The van der Waals surface area contributed by atoms with Crippen LogP contribution < -0.4 is 16.1 Å². The van der Waals surface area contributed by atoms with E-state index >= 15 is 0 Å². The van der Waals surface area contributed by atoms with Gasteiger partial charge in [0.2, 0.25) is 0 Å². The van der Waals surface area contributed by atoms with E-state index in [-0.39, 0.29) is 34.2 Å². The molecule has 0 bridgehead atoms. The minimum atomic E-state index is -0.235. The van der Waals surface area contributed by atoms with Gasteiger partial charge in [-0.05, 0) is 50.8 Å². The number of benzene rings is 5. The van der Waals surface area contributed by atoms with Crippen molar-refractivity contribution in [2.75, 3.05) is 0 Å². The van der Waals surface area contributed by atoms with Crippen LogP contribution in [-0.4, -0.2) is 10.2 Å². The molecule has 0 saturated heterocycles. The fourth-order valence-electron chi connectivity index (χ4n) is 7.42. The number of hydrogen-bond donors (Lipinski definition) is 2. The summed E-state index contributed by atoms with van der Waals surface area (Å²) in [6.07, 6.45) is 5.81.